The Kier molecular flexibility index (Phi) is 3.47. The van der Waals surface area contributed by atoms with Crippen LogP contribution in [-0.4, -0.2) is 25.0 Å². The Morgan fingerprint density at radius 1 is 1.17 bits per heavy atom. The van der Waals surface area contributed by atoms with Crippen LogP contribution >= 0.6 is 11.3 Å². The molecule has 0 saturated heterocycles. The van der Waals surface area contributed by atoms with E-state index in [2.05, 4.69) is 37.9 Å². The topological polar surface area (TPSA) is 68.5 Å². The van der Waals surface area contributed by atoms with Gasteiger partial charge in [0.15, 0.2) is 0 Å². The van der Waals surface area contributed by atoms with Crippen molar-refractivity contribution in [2.24, 2.45) is 0 Å². The Labute approximate surface area is 136 Å². The molecule has 0 bridgehead atoms. The largest absolute Gasteiger partial charge is 0.364 e. The van der Waals surface area contributed by atoms with Crippen LogP contribution in [0, 0.1) is 6.92 Å². The SMILES string of the molecule is Cc1csc2ncnc(NCc3cn(-c4ccccc4)nn3)c12. The summed E-state index contributed by atoms with van der Waals surface area (Å²) >= 11 is 1.63. The van der Waals surface area contributed by atoms with Crippen molar-refractivity contribution >= 4 is 27.4 Å². The first kappa shape index (κ1) is 13.8. The van der Waals surface area contributed by atoms with Gasteiger partial charge in [-0.05, 0) is 30.0 Å². The third kappa shape index (κ3) is 2.66. The Bertz CT molecular complexity index is 944. The number of thiophene rings is 1. The predicted octanol–water partition coefficient (Wildman–Crippen LogP) is 3.19. The van der Waals surface area contributed by atoms with Crippen LogP contribution in [0.3, 0.4) is 0 Å². The first-order chi connectivity index (χ1) is 11.3. The van der Waals surface area contributed by atoms with E-state index in [1.165, 1.54) is 5.56 Å². The molecule has 1 N–H and O–H groups in total. The third-order valence-corrected chi connectivity index (χ3v) is 4.56. The van der Waals surface area contributed by atoms with Crippen molar-refractivity contribution in [3.63, 3.8) is 0 Å². The summed E-state index contributed by atoms with van der Waals surface area (Å²) in [5, 5.41) is 14.9. The number of para-hydroxylation sites is 1. The zero-order chi connectivity index (χ0) is 15.6. The summed E-state index contributed by atoms with van der Waals surface area (Å²) in [5.41, 5.74) is 3.03. The van der Waals surface area contributed by atoms with Crippen molar-refractivity contribution in [3.05, 3.63) is 59.5 Å². The highest BCUT2D eigenvalue weighted by Crippen LogP contribution is 2.28. The van der Waals surface area contributed by atoms with E-state index < -0.39 is 0 Å². The van der Waals surface area contributed by atoms with Crippen LogP contribution in [0.4, 0.5) is 5.82 Å². The van der Waals surface area contributed by atoms with Gasteiger partial charge in [-0.3, -0.25) is 0 Å². The lowest BCUT2D eigenvalue weighted by Gasteiger charge is -2.04. The highest BCUT2D eigenvalue weighted by atomic mass is 32.1. The van der Waals surface area contributed by atoms with E-state index in [1.807, 2.05) is 36.5 Å². The van der Waals surface area contributed by atoms with Crippen LogP contribution < -0.4 is 5.32 Å². The average molecular weight is 322 g/mol. The highest BCUT2D eigenvalue weighted by molar-refractivity contribution is 7.17. The number of nitrogens with zero attached hydrogens (tertiary/aromatic N) is 5. The van der Waals surface area contributed by atoms with Crippen molar-refractivity contribution in [1.29, 1.82) is 0 Å². The molecule has 4 rings (SSSR count). The molecule has 0 spiro atoms. The fraction of sp³-hybridized carbons (Fsp3) is 0.125. The lowest BCUT2D eigenvalue weighted by atomic mass is 10.2. The first-order valence-electron chi connectivity index (χ1n) is 7.20. The maximum Gasteiger partial charge on any atom is 0.138 e. The molecule has 6 nitrogen and oxygen atoms in total. The number of aromatic nitrogens is 5. The number of anilines is 1. The Hall–Kier alpha value is -2.80. The first-order valence-corrected chi connectivity index (χ1v) is 8.08. The van der Waals surface area contributed by atoms with Gasteiger partial charge in [0.05, 0.1) is 23.8 Å². The number of benzene rings is 1. The molecule has 0 saturated carbocycles. The molecule has 0 fully saturated rings. The van der Waals surface area contributed by atoms with Gasteiger partial charge in [0.25, 0.3) is 0 Å². The monoisotopic (exact) mass is 322 g/mol. The summed E-state index contributed by atoms with van der Waals surface area (Å²) in [4.78, 5) is 9.64. The molecule has 0 amide bonds. The summed E-state index contributed by atoms with van der Waals surface area (Å²) < 4.78 is 1.77. The quantitative estimate of drug-likeness (QED) is 0.625. The molecule has 3 aromatic heterocycles. The second-order valence-electron chi connectivity index (χ2n) is 5.16. The van der Waals surface area contributed by atoms with Gasteiger partial charge in [0, 0.05) is 0 Å². The molecule has 7 heteroatoms. The van der Waals surface area contributed by atoms with E-state index in [-0.39, 0.29) is 0 Å². The van der Waals surface area contributed by atoms with Crippen LogP contribution in [0.25, 0.3) is 15.9 Å². The van der Waals surface area contributed by atoms with Gasteiger partial charge in [-0.15, -0.1) is 16.4 Å². The van der Waals surface area contributed by atoms with Crippen molar-refractivity contribution in [2.75, 3.05) is 5.32 Å². The Balaban J connectivity index is 1.55. The maximum atomic E-state index is 4.35. The van der Waals surface area contributed by atoms with E-state index in [1.54, 1.807) is 22.3 Å². The van der Waals surface area contributed by atoms with Crippen molar-refractivity contribution in [1.82, 2.24) is 25.0 Å². The lowest BCUT2D eigenvalue weighted by molar-refractivity contribution is 0.798. The summed E-state index contributed by atoms with van der Waals surface area (Å²) in [5.74, 6) is 0.836. The normalized spacial score (nSPS) is 11.0. The van der Waals surface area contributed by atoms with E-state index >= 15 is 0 Å². The summed E-state index contributed by atoms with van der Waals surface area (Å²) in [7, 11) is 0. The fourth-order valence-corrected chi connectivity index (χ4v) is 3.30. The minimum atomic E-state index is 0.564. The number of hydrogen-bond donors (Lipinski definition) is 1. The summed E-state index contributed by atoms with van der Waals surface area (Å²) in [6, 6.07) is 9.92. The second-order valence-corrected chi connectivity index (χ2v) is 6.02. The zero-order valence-electron chi connectivity index (χ0n) is 12.5. The minimum absolute atomic E-state index is 0.564. The lowest BCUT2D eigenvalue weighted by Crippen LogP contribution is -2.02. The molecule has 0 aliphatic carbocycles. The van der Waals surface area contributed by atoms with E-state index in [0.29, 0.717) is 6.54 Å². The van der Waals surface area contributed by atoms with Crippen LogP contribution in [0.5, 0.6) is 0 Å². The molecule has 23 heavy (non-hydrogen) atoms. The summed E-state index contributed by atoms with van der Waals surface area (Å²) in [6.45, 7) is 2.63. The average Bonchev–Trinajstić information content (AvgIpc) is 3.21. The van der Waals surface area contributed by atoms with Gasteiger partial charge in [-0.1, -0.05) is 23.4 Å². The maximum absolute atomic E-state index is 4.35. The highest BCUT2D eigenvalue weighted by Gasteiger charge is 2.09. The van der Waals surface area contributed by atoms with E-state index in [9.17, 15) is 0 Å². The van der Waals surface area contributed by atoms with Gasteiger partial charge in [-0.2, -0.15) is 0 Å². The molecule has 0 radical (unpaired) electrons. The van der Waals surface area contributed by atoms with Crippen molar-refractivity contribution in [3.8, 4) is 5.69 Å². The van der Waals surface area contributed by atoms with Gasteiger partial charge in [0.2, 0.25) is 0 Å². The minimum Gasteiger partial charge on any atom is -0.364 e. The molecular formula is C16H14N6S. The van der Waals surface area contributed by atoms with E-state index in [0.717, 1.165) is 27.4 Å². The van der Waals surface area contributed by atoms with Crippen molar-refractivity contribution in [2.45, 2.75) is 13.5 Å². The molecule has 114 valence electrons. The smallest absolute Gasteiger partial charge is 0.138 e. The van der Waals surface area contributed by atoms with Crippen LogP contribution in [0.2, 0.25) is 0 Å². The Morgan fingerprint density at radius 2 is 2.04 bits per heavy atom. The van der Waals surface area contributed by atoms with Crippen LogP contribution in [-0.2, 0) is 6.54 Å². The van der Waals surface area contributed by atoms with Crippen LogP contribution in [0.15, 0.2) is 48.2 Å². The summed E-state index contributed by atoms with van der Waals surface area (Å²) in [6.07, 6.45) is 3.50. The van der Waals surface area contributed by atoms with Crippen molar-refractivity contribution < 1.29 is 0 Å². The van der Waals surface area contributed by atoms with Crippen LogP contribution in [0.1, 0.15) is 11.3 Å². The molecule has 0 aliphatic rings. The molecule has 0 unspecified atom stereocenters. The van der Waals surface area contributed by atoms with Gasteiger partial charge in [-0.25, -0.2) is 14.6 Å². The second kappa shape index (κ2) is 5.77. The zero-order valence-corrected chi connectivity index (χ0v) is 13.3. The number of aryl methyl sites for hydroxylation is 1. The number of hydrogen-bond acceptors (Lipinski definition) is 6. The standard InChI is InChI=1S/C16H14N6S/c1-11-9-23-16-14(11)15(18-10-19-16)17-7-12-8-22(21-20-12)13-5-3-2-4-6-13/h2-6,8-10H,7H2,1H3,(H,17,18,19). The van der Waals surface area contributed by atoms with Gasteiger partial charge >= 0.3 is 0 Å². The predicted molar refractivity (Wildman–Crippen MR) is 90.8 cm³/mol. The van der Waals surface area contributed by atoms with E-state index in [4.69, 9.17) is 0 Å². The number of rotatable bonds is 4. The molecule has 4 aromatic rings. The van der Waals surface area contributed by atoms with Gasteiger partial charge in [0.1, 0.15) is 22.7 Å². The fourth-order valence-electron chi connectivity index (χ4n) is 2.41. The molecule has 0 aliphatic heterocycles. The molecular weight excluding hydrogens is 308 g/mol. The Morgan fingerprint density at radius 3 is 2.91 bits per heavy atom. The number of nitrogens with one attached hydrogen (secondary N) is 1. The molecule has 3 heterocycles. The van der Waals surface area contributed by atoms with Gasteiger partial charge < -0.3 is 5.32 Å². The number of fused-ring (bicyclic) bond motifs is 1. The molecule has 0 atom stereocenters. The molecule has 1 aromatic carbocycles. The third-order valence-electron chi connectivity index (χ3n) is 3.55.